The summed E-state index contributed by atoms with van der Waals surface area (Å²) < 4.78 is 16.7. The molecule has 0 heterocycles. The zero-order valence-electron chi connectivity index (χ0n) is 16.0. The van der Waals surface area contributed by atoms with Crippen molar-refractivity contribution in [2.75, 3.05) is 26.9 Å². The van der Waals surface area contributed by atoms with Crippen LogP contribution < -0.4 is 14.2 Å². The van der Waals surface area contributed by atoms with E-state index in [1.807, 2.05) is 55.5 Å². The highest BCUT2D eigenvalue weighted by atomic mass is 16.5. The number of hydrogen-bond acceptors (Lipinski definition) is 4. The van der Waals surface area contributed by atoms with E-state index >= 15 is 0 Å². The minimum atomic E-state index is -0.0713. The van der Waals surface area contributed by atoms with E-state index in [-0.39, 0.29) is 12.5 Å². The number of nitrogens with zero attached hydrogens (tertiary/aromatic N) is 1. The van der Waals surface area contributed by atoms with Gasteiger partial charge < -0.3 is 19.1 Å². The predicted octanol–water partition coefficient (Wildman–Crippen LogP) is 3.91. The van der Waals surface area contributed by atoms with Crippen LogP contribution in [0.2, 0.25) is 0 Å². The third-order valence-corrected chi connectivity index (χ3v) is 4.45. The molecule has 1 fully saturated rings. The van der Waals surface area contributed by atoms with Gasteiger partial charge in [-0.05, 0) is 67.6 Å². The molecular weight excluding hydrogens is 342 g/mol. The fourth-order valence-corrected chi connectivity index (χ4v) is 2.61. The summed E-state index contributed by atoms with van der Waals surface area (Å²) in [6, 6.07) is 15.2. The Bertz CT molecular complexity index is 723. The molecule has 0 bridgehead atoms. The van der Waals surface area contributed by atoms with E-state index in [9.17, 15) is 4.79 Å². The molecule has 5 heteroatoms. The standard InChI is InChI=1S/C22H27NO4/c1-3-25-19-8-6-17(7-9-19)14-23(2)22(24)16-27-21-12-10-20(11-13-21)26-15-18-4-5-18/h6-13,18H,3-5,14-16H2,1-2H3. The Morgan fingerprint density at radius 1 is 0.926 bits per heavy atom. The van der Waals surface area contributed by atoms with Gasteiger partial charge in [-0.15, -0.1) is 0 Å². The summed E-state index contributed by atoms with van der Waals surface area (Å²) in [5.41, 5.74) is 1.05. The van der Waals surface area contributed by atoms with Gasteiger partial charge in [0.05, 0.1) is 13.2 Å². The second kappa shape index (κ2) is 9.31. The van der Waals surface area contributed by atoms with Crippen LogP contribution in [0, 0.1) is 5.92 Å². The zero-order valence-corrected chi connectivity index (χ0v) is 16.0. The molecule has 0 unspecified atom stereocenters. The van der Waals surface area contributed by atoms with Gasteiger partial charge in [-0.3, -0.25) is 4.79 Å². The van der Waals surface area contributed by atoms with Gasteiger partial charge in [0, 0.05) is 13.6 Å². The lowest BCUT2D eigenvalue weighted by Gasteiger charge is -2.18. The fourth-order valence-electron chi connectivity index (χ4n) is 2.61. The van der Waals surface area contributed by atoms with Crippen LogP contribution in [-0.2, 0) is 11.3 Å². The van der Waals surface area contributed by atoms with Crippen LogP contribution in [0.3, 0.4) is 0 Å². The molecule has 5 nitrogen and oxygen atoms in total. The Morgan fingerprint density at radius 3 is 2.07 bits per heavy atom. The lowest BCUT2D eigenvalue weighted by atomic mass is 10.2. The lowest BCUT2D eigenvalue weighted by molar-refractivity contribution is -0.132. The van der Waals surface area contributed by atoms with E-state index < -0.39 is 0 Å². The maximum absolute atomic E-state index is 12.3. The molecule has 0 aromatic heterocycles. The molecule has 0 N–H and O–H groups in total. The van der Waals surface area contributed by atoms with Crippen LogP contribution in [-0.4, -0.2) is 37.7 Å². The summed E-state index contributed by atoms with van der Waals surface area (Å²) in [6.45, 7) is 3.92. The summed E-state index contributed by atoms with van der Waals surface area (Å²) in [5, 5.41) is 0. The summed E-state index contributed by atoms with van der Waals surface area (Å²) >= 11 is 0. The van der Waals surface area contributed by atoms with Gasteiger partial charge in [0.15, 0.2) is 6.61 Å². The van der Waals surface area contributed by atoms with Crippen molar-refractivity contribution < 1.29 is 19.0 Å². The smallest absolute Gasteiger partial charge is 0.260 e. The topological polar surface area (TPSA) is 48.0 Å². The Hall–Kier alpha value is -2.69. The van der Waals surface area contributed by atoms with Crippen molar-refractivity contribution in [3.63, 3.8) is 0 Å². The second-order valence-electron chi connectivity index (χ2n) is 6.84. The minimum Gasteiger partial charge on any atom is -0.494 e. The van der Waals surface area contributed by atoms with Crippen LogP contribution in [0.15, 0.2) is 48.5 Å². The lowest BCUT2D eigenvalue weighted by Crippen LogP contribution is -2.30. The fraction of sp³-hybridized carbons (Fsp3) is 0.409. The maximum atomic E-state index is 12.3. The number of carbonyl (C=O) groups excluding carboxylic acids is 1. The molecule has 2 aromatic rings. The largest absolute Gasteiger partial charge is 0.494 e. The molecule has 3 rings (SSSR count). The Labute approximate surface area is 160 Å². The van der Waals surface area contributed by atoms with Gasteiger partial charge in [-0.1, -0.05) is 12.1 Å². The summed E-state index contributed by atoms with van der Waals surface area (Å²) in [7, 11) is 1.77. The van der Waals surface area contributed by atoms with E-state index in [1.165, 1.54) is 12.8 Å². The van der Waals surface area contributed by atoms with Crippen molar-refractivity contribution in [2.45, 2.75) is 26.3 Å². The van der Waals surface area contributed by atoms with Crippen molar-refractivity contribution in [1.82, 2.24) is 4.90 Å². The van der Waals surface area contributed by atoms with Gasteiger partial charge in [0.2, 0.25) is 0 Å². The van der Waals surface area contributed by atoms with Crippen LogP contribution in [0.5, 0.6) is 17.2 Å². The van der Waals surface area contributed by atoms with Crippen molar-refractivity contribution in [2.24, 2.45) is 5.92 Å². The molecule has 0 spiro atoms. The molecule has 27 heavy (non-hydrogen) atoms. The molecule has 1 aliphatic rings. The quantitative estimate of drug-likeness (QED) is 0.637. The number of carbonyl (C=O) groups is 1. The van der Waals surface area contributed by atoms with Crippen molar-refractivity contribution >= 4 is 5.91 Å². The summed E-state index contributed by atoms with van der Waals surface area (Å²) in [5.74, 6) is 3.00. The molecule has 144 valence electrons. The van der Waals surface area contributed by atoms with E-state index in [0.717, 1.165) is 29.6 Å². The molecule has 2 aromatic carbocycles. The highest BCUT2D eigenvalue weighted by molar-refractivity contribution is 5.77. The Morgan fingerprint density at radius 2 is 1.48 bits per heavy atom. The van der Waals surface area contributed by atoms with Gasteiger partial charge in [0.1, 0.15) is 17.2 Å². The molecule has 0 atom stereocenters. The number of hydrogen-bond donors (Lipinski definition) is 0. The Balaban J connectivity index is 1.42. The first kappa shape index (κ1) is 19.1. The van der Waals surface area contributed by atoms with Gasteiger partial charge in [-0.2, -0.15) is 0 Å². The van der Waals surface area contributed by atoms with Gasteiger partial charge in [-0.25, -0.2) is 0 Å². The molecule has 1 amide bonds. The highest BCUT2D eigenvalue weighted by Crippen LogP contribution is 2.29. The first-order valence-corrected chi connectivity index (χ1v) is 9.45. The predicted molar refractivity (Wildman–Crippen MR) is 104 cm³/mol. The maximum Gasteiger partial charge on any atom is 0.260 e. The van der Waals surface area contributed by atoms with Crippen LogP contribution >= 0.6 is 0 Å². The Kier molecular flexibility index (Phi) is 6.58. The molecule has 1 aliphatic carbocycles. The van der Waals surface area contributed by atoms with Gasteiger partial charge >= 0.3 is 0 Å². The van der Waals surface area contributed by atoms with E-state index in [0.29, 0.717) is 18.9 Å². The average molecular weight is 369 g/mol. The average Bonchev–Trinajstić information content (AvgIpc) is 3.51. The first-order valence-electron chi connectivity index (χ1n) is 9.45. The molecule has 0 radical (unpaired) electrons. The molecule has 0 aliphatic heterocycles. The summed E-state index contributed by atoms with van der Waals surface area (Å²) in [6.07, 6.45) is 2.54. The third kappa shape index (κ3) is 6.20. The molecular formula is C22H27NO4. The van der Waals surface area contributed by atoms with E-state index in [4.69, 9.17) is 14.2 Å². The normalized spacial score (nSPS) is 13.1. The van der Waals surface area contributed by atoms with E-state index in [2.05, 4.69) is 0 Å². The zero-order chi connectivity index (χ0) is 19.1. The SMILES string of the molecule is CCOc1ccc(CN(C)C(=O)COc2ccc(OCC3CC3)cc2)cc1. The summed E-state index contributed by atoms with van der Waals surface area (Å²) in [4.78, 5) is 13.9. The van der Waals surface area contributed by atoms with Crippen molar-refractivity contribution in [3.8, 4) is 17.2 Å². The monoisotopic (exact) mass is 369 g/mol. The molecule has 0 saturated heterocycles. The second-order valence-corrected chi connectivity index (χ2v) is 6.84. The number of benzene rings is 2. The number of ether oxygens (including phenoxy) is 3. The van der Waals surface area contributed by atoms with Gasteiger partial charge in [0.25, 0.3) is 5.91 Å². The van der Waals surface area contributed by atoms with Crippen molar-refractivity contribution in [3.05, 3.63) is 54.1 Å². The number of rotatable bonds is 10. The third-order valence-electron chi connectivity index (χ3n) is 4.45. The highest BCUT2D eigenvalue weighted by Gasteiger charge is 2.21. The van der Waals surface area contributed by atoms with Crippen LogP contribution in [0.1, 0.15) is 25.3 Å². The minimum absolute atomic E-state index is 0.00973. The number of amides is 1. The molecule has 1 saturated carbocycles. The first-order chi connectivity index (χ1) is 13.1. The number of likely N-dealkylation sites (N-methyl/N-ethyl adjacent to an activating group) is 1. The van der Waals surface area contributed by atoms with Crippen LogP contribution in [0.4, 0.5) is 0 Å². The van der Waals surface area contributed by atoms with Crippen molar-refractivity contribution in [1.29, 1.82) is 0 Å². The van der Waals surface area contributed by atoms with E-state index in [1.54, 1.807) is 11.9 Å². The van der Waals surface area contributed by atoms with Crippen LogP contribution in [0.25, 0.3) is 0 Å².